The molecule has 0 amide bonds. The van der Waals surface area contributed by atoms with Crippen molar-refractivity contribution in [2.75, 3.05) is 16.5 Å². The fourth-order valence-corrected chi connectivity index (χ4v) is 10.3. The number of para-hydroxylation sites is 4. The molecule has 0 saturated heterocycles. The molecule has 0 bridgehead atoms. The van der Waals surface area contributed by atoms with Gasteiger partial charge in [0.1, 0.15) is 12.5 Å². The van der Waals surface area contributed by atoms with Gasteiger partial charge in [0.25, 0.3) is 0 Å². The molecule has 65 heavy (non-hydrogen) atoms. The molecule has 4 nitrogen and oxygen atoms in total. The molecule has 11 aromatic rings. The standard InChI is InChI=1S/C61H44N4/c1-5-20-44(21-6-1)52-30-13-14-31-53(52)45-38-39-62-60(40-45)65-56-33-16-15-32-54(56)55-37-36-49(42-59(55)65)61(46-22-7-2-8-23-46,47-24-9-3-10-25-47)48-26-19-29-51(41-48)64-43-63(50-27-11-4-12-28-50)57-34-17-18-35-58(57)64/h1-42H,43H2. The molecule has 12 rings (SSSR count). The molecule has 4 heteroatoms. The van der Waals surface area contributed by atoms with Crippen molar-refractivity contribution in [2.45, 2.75) is 5.41 Å². The summed E-state index contributed by atoms with van der Waals surface area (Å²) in [4.78, 5) is 9.98. The quantitative estimate of drug-likeness (QED) is 0.135. The molecular weight excluding hydrogens is 789 g/mol. The van der Waals surface area contributed by atoms with Gasteiger partial charge < -0.3 is 9.80 Å². The minimum absolute atomic E-state index is 0.698. The minimum Gasteiger partial charge on any atom is -0.321 e. The summed E-state index contributed by atoms with van der Waals surface area (Å²) in [6.07, 6.45) is 1.95. The first kappa shape index (κ1) is 38.2. The number of hydrogen-bond donors (Lipinski definition) is 0. The van der Waals surface area contributed by atoms with Crippen LogP contribution in [0.2, 0.25) is 0 Å². The summed E-state index contributed by atoms with van der Waals surface area (Å²) in [7, 11) is 0. The van der Waals surface area contributed by atoms with Gasteiger partial charge in [-0.3, -0.25) is 4.57 Å². The van der Waals surface area contributed by atoms with Crippen LogP contribution in [-0.2, 0) is 5.41 Å². The van der Waals surface area contributed by atoms with Gasteiger partial charge in [-0.1, -0.05) is 188 Å². The fraction of sp³-hybridized carbons (Fsp3) is 0.0328. The van der Waals surface area contributed by atoms with E-state index in [-0.39, 0.29) is 0 Å². The number of aromatic nitrogens is 2. The average molecular weight is 833 g/mol. The maximum atomic E-state index is 5.13. The number of rotatable bonds is 9. The SMILES string of the molecule is c1ccc(-c2ccccc2-c2ccnc(-n3c4ccccc4c4ccc(C(c5ccccc5)(c5ccccc5)c5cccc(N6CN(c7ccccc7)c7ccccc76)c5)cc43)c2)cc1. The Morgan fingerprint density at radius 3 is 1.58 bits per heavy atom. The van der Waals surface area contributed by atoms with Crippen molar-refractivity contribution in [3.63, 3.8) is 0 Å². The molecule has 0 unspecified atom stereocenters. The van der Waals surface area contributed by atoms with Crippen LogP contribution in [0.5, 0.6) is 0 Å². The van der Waals surface area contributed by atoms with Crippen LogP contribution in [0.25, 0.3) is 49.9 Å². The normalized spacial score (nSPS) is 12.5. The van der Waals surface area contributed by atoms with Crippen molar-refractivity contribution in [1.82, 2.24) is 9.55 Å². The predicted octanol–water partition coefficient (Wildman–Crippen LogP) is 15.1. The Morgan fingerprint density at radius 1 is 0.354 bits per heavy atom. The third-order valence-electron chi connectivity index (χ3n) is 13.2. The third kappa shape index (κ3) is 6.41. The summed E-state index contributed by atoms with van der Waals surface area (Å²) in [5.74, 6) is 0.872. The molecule has 0 spiro atoms. The summed E-state index contributed by atoms with van der Waals surface area (Å²) in [5.41, 5.74) is 15.6. The Labute approximate surface area is 379 Å². The van der Waals surface area contributed by atoms with Gasteiger partial charge in [-0.15, -0.1) is 0 Å². The predicted molar refractivity (Wildman–Crippen MR) is 270 cm³/mol. The summed E-state index contributed by atoms with van der Waals surface area (Å²) in [6, 6.07) is 90.2. The zero-order chi connectivity index (χ0) is 43.2. The topological polar surface area (TPSA) is 24.3 Å². The van der Waals surface area contributed by atoms with E-state index in [9.17, 15) is 0 Å². The summed E-state index contributed by atoms with van der Waals surface area (Å²) in [6.45, 7) is 0.699. The molecule has 0 radical (unpaired) electrons. The monoisotopic (exact) mass is 832 g/mol. The largest absolute Gasteiger partial charge is 0.321 e. The van der Waals surface area contributed by atoms with Crippen molar-refractivity contribution in [2.24, 2.45) is 0 Å². The first-order valence-corrected chi connectivity index (χ1v) is 22.3. The van der Waals surface area contributed by atoms with Gasteiger partial charge in [0, 0.05) is 28.3 Å². The van der Waals surface area contributed by atoms with E-state index in [4.69, 9.17) is 4.98 Å². The molecule has 0 fully saturated rings. The van der Waals surface area contributed by atoms with Crippen molar-refractivity contribution in [3.05, 3.63) is 277 Å². The van der Waals surface area contributed by atoms with E-state index in [0.717, 1.165) is 28.1 Å². The molecule has 1 aliphatic rings. The molecular formula is C61H44N4. The second-order valence-corrected chi connectivity index (χ2v) is 16.8. The van der Waals surface area contributed by atoms with Crippen molar-refractivity contribution < 1.29 is 0 Å². The van der Waals surface area contributed by atoms with Gasteiger partial charge in [0.05, 0.1) is 27.8 Å². The van der Waals surface area contributed by atoms with Crippen LogP contribution in [0.3, 0.4) is 0 Å². The van der Waals surface area contributed by atoms with Crippen LogP contribution >= 0.6 is 0 Å². The van der Waals surface area contributed by atoms with E-state index in [1.165, 1.54) is 66.8 Å². The molecule has 0 N–H and O–H groups in total. The van der Waals surface area contributed by atoms with Crippen molar-refractivity contribution in [3.8, 4) is 28.1 Å². The van der Waals surface area contributed by atoms with Gasteiger partial charge in [-0.25, -0.2) is 4.98 Å². The van der Waals surface area contributed by atoms with Gasteiger partial charge in [0.15, 0.2) is 0 Å². The molecule has 3 heterocycles. The average Bonchev–Trinajstić information content (AvgIpc) is 3.94. The number of fused-ring (bicyclic) bond motifs is 4. The van der Waals surface area contributed by atoms with E-state index < -0.39 is 5.41 Å². The molecule has 0 aliphatic carbocycles. The van der Waals surface area contributed by atoms with E-state index >= 15 is 0 Å². The Bertz CT molecular complexity index is 3430. The lowest BCUT2D eigenvalue weighted by atomic mass is 9.65. The zero-order valence-electron chi connectivity index (χ0n) is 35.7. The number of pyridine rings is 1. The van der Waals surface area contributed by atoms with E-state index in [2.05, 4.69) is 263 Å². The molecule has 9 aromatic carbocycles. The van der Waals surface area contributed by atoms with Crippen LogP contribution in [0.15, 0.2) is 255 Å². The van der Waals surface area contributed by atoms with Crippen molar-refractivity contribution >= 4 is 44.6 Å². The molecule has 0 atom stereocenters. The van der Waals surface area contributed by atoms with Gasteiger partial charge in [0.2, 0.25) is 0 Å². The van der Waals surface area contributed by atoms with Crippen LogP contribution in [-0.4, -0.2) is 16.2 Å². The Hall–Kier alpha value is -8.47. The molecule has 308 valence electrons. The highest BCUT2D eigenvalue weighted by molar-refractivity contribution is 6.09. The maximum absolute atomic E-state index is 5.13. The molecule has 1 aliphatic heterocycles. The maximum Gasteiger partial charge on any atom is 0.138 e. The lowest BCUT2D eigenvalue weighted by Crippen LogP contribution is -2.31. The number of hydrogen-bond acceptors (Lipinski definition) is 3. The minimum atomic E-state index is -0.698. The fourth-order valence-electron chi connectivity index (χ4n) is 10.3. The van der Waals surface area contributed by atoms with Crippen LogP contribution in [0, 0.1) is 0 Å². The number of anilines is 4. The number of benzene rings is 9. The van der Waals surface area contributed by atoms with Crippen molar-refractivity contribution in [1.29, 1.82) is 0 Å². The Balaban J connectivity index is 1.08. The zero-order valence-corrected chi connectivity index (χ0v) is 35.7. The second kappa shape index (κ2) is 16.0. The highest BCUT2D eigenvalue weighted by Crippen LogP contribution is 2.50. The lowest BCUT2D eigenvalue weighted by molar-refractivity contribution is 0.745. The summed E-state index contributed by atoms with van der Waals surface area (Å²) >= 11 is 0. The first-order valence-electron chi connectivity index (χ1n) is 22.3. The van der Waals surface area contributed by atoms with Crippen LogP contribution in [0.1, 0.15) is 22.3 Å². The van der Waals surface area contributed by atoms with Crippen LogP contribution < -0.4 is 9.80 Å². The highest BCUT2D eigenvalue weighted by atomic mass is 15.4. The Kier molecular flexibility index (Phi) is 9.42. The van der Waals surface area contributed by atoms with Gasteiger partial charge in [-0.2, -0.15) is 0 Å². The summed E-state index contributed by atoms with van der Waals surface area (Å²) in [5, 5.41) is 2.37. The molecule has 2 aromatic heterocycles. The number of nitrogens with zero attached hydrogens (tertiary/aromatic N) is 4. The lowest BCUT2D eigenvalue weighted by Gasteiger charge is -2.37. The first-order chi connectivity index (χ1) is 32.3. The smallest absolute Gasteiger partial charge is 0.138 e. The highest BCUT2D eigenvalue weighted by Gasteiger charge is 2.40. The van der Waals surface area contributed by atoms with E-state index in [1.54, 1.807) is 0 Å². The van der Waals surface area contributed by atoms with Gasteiger partial charge >= 0.3 is 0 Å². The molecule has 0 saturated carbocycles. The Morgan fingerprint density at radius 2 is 0.877 bits per heavy atom. The van der Waals surface area contributed by atoms with Gasteiger partial charge in [-0.05, 0) is 105 Å². The third-order valence-corrected chi connectivity index (χ3v) is 13.2. The summed E-state index contributed by atoms with van der Waals surface area (Å²) < 4.78 is 2.36. The van der Waals surface area contributed by atoms with E-state index in [1.807, 2.05) is 6.20 Å². The van der Waals surface area contributed by atoms with Crippen LogP contribution in [0.4, 0.5) is 22.7 Å². The second-order valence-electron chi connectivity index (χ2n) is 16.8. The van der Waals surface area contributed by atoms with E-state index in [0.29, 0.717) is 6.67 Å².